The first-order valence-corrected chi connectivity index (χ1v) is 8.43. The van der Waals surface area contributed by atoms with Gasteiger partial charge < -0.3 is 14.2 Å². The van der Waals surface area contributed by atoms with Crippen LogP contribution in [-0.4, -0.2) is 26.0 Å². The molecule has 1 N–H and O–H groups in total. The van der Waals surface area contributed by atoms with E-state index in [4.69, 9.17) is 14.2 Å². The maximum atomic E-state index is 12.3. The minimum absolute atomic E-state index is 0.196. The van der Waals surface area contributed by atoms with Gasteiger partial charge in [0, 0.05) is 14.5 Å². The average molecular weight is 456 g/mol. The number of ether oxygens (including phenoxy) is 3. The van der Waals surface area contributed by atoms with Crippen molar-refractivity contribution in [2.75, 3.05) is 13.9 Å². The third-order valence-electron chi connectivity index (χ3n) is 3.27. The Morgan fingerprint density at radius 1 is 1.25 bits per heavy atom. The van der Waals surface area contributed by atoms with Gasteiger partial charge in [-0.05, 0) is 46.3 Å². The first-order chi connectivity index (χ1) is 11.6. The molecule has 0 aromatic heterocycles. The molecular formula is C16H12Br2N2O4. The van der Waals surface area contributed by atoms with Crippen molar-refractivity contribution in [3.8, 4) is 17.2 Å². The summed E-state index contributed by atoms with van der Waals surface area (Å²) in [6.07, 6.45) is 1.52. The van der Waals surface area contributed by atoms with Crippen LogP contribution in [0.4, 0.5) is 0 Å². The highest BCUT2D eigenvalue weighted by molar-refractivity contribution is 9.10. The standard InChI is InChI=1S/C16H12Br2N2O4/c1-22-13-3-2-10(17)5-11(13)16(21)20-19-7-9-4-14-15(6-12(9)18)24-8-23-14/h2-7H,8H2,1H3,(H,20,21)/b19-7-. The summed E-state index contributed by atoms with van der Waals surface area (Å²) in [5, 5.41) is 3.99. The molecule has 124 valence electrons. The van der Waals surface area contributed by atoms with Gasteiger partial charge in [-0.2, -0.15) is 5.10 Å². The number of hydrazone groups is 1. The van der Waals surface area contributed by atoms with E-state index in [9.17, 15) is 4.79 Å². The fraction of sp³-hybridized carbons (Fsp3) is 0.125. The molecule has 2 aromatic rings. The zero-order chi connectivity index (χ0) is 17.1. The molecule has 0 bridgehead atoms. The van der Waals surface area contributed by atoms with Gasteiger partial charge in [-0.3, -0.25) is 4.79 Å². The molecule has 8 heteroatoms. The van der Waals surface area contributed by atoms with E-state index in [1.807, 2.05) is 0 Å². The van der Waals surface area contributed by atoms with Crippen LogP contribution in [0.5, 0.6) is 17.2 Å². The number of rotatable bonds is 4. The maximum Gasteiger partial charge on any atom is 0.275 e. The molecule has 1 aliphatic rings. The first kappa shape index (κ1) is 16.8. The number of methoxy groups -OCH3 is 1. The van der Waals surface area contributed by atoms with Crippen LogP contribution in [0.15, 0.2) is 44.4 Å². The van der Waals surface area contributed by atoms with E-state index in [1.54, 1.807) is 30.3 Å². The van der Waals surface area contributed by atoms with Crippen LogP contribution in [0.2, 0.25) is 0 Å². The molecule has 0 unspecified atom stereocenters. The number of carbonyl (C=O) groups excluding carboxylic acids is 1. The van der Waals surface area contributed by atoms with E-state index < -0.39 is 0 Å². The van der Waals surface area contributed by atoms with Crippen LogP contribution in [-0.2, 0) is 0 Å². The number of hydrogen-bond donors (Lipinski definition) is 1. The van der Waals surface area contributed by atoms with Crippen molar-refractivity contribution in [1.29, 1.82) is 0 Å². The number of halogens is 2. The third-order valence-corrected chi connectivity index (χ3v) is 4.45. The summed E-state index contributed by atoms with van der Waals surface area (Å²) < 4.78 is 17.3. The number of nitrogens with zero attached hydrogens (tertiary/aromatic N) is 1. The number of nitrogens with one attached hydrogen (secondary N) is 1. The van der Waals surface area contributed by atoms with Crippen molar-refractivity contribution < 1.29 is 19.0 Å². The first-order valence-electron chi connectivity index (χ1n) is 6.84. The molecule has 0 aliphatic carbocycles. The summed E-state index contributed by atoms with van der Waals surface area (Å²) in [4.78, 5) is 12.3. The highest BCUT2D eigenvalue weighted by Crippen LogP contribution is 2.36. The van der Waals surface area contributed by atoms with E-state index in [0.717, 1.165) is 14.5 Å². The van der Waals surface area contributed by atoms with Crippen molar-refractivity contribution >= 4 is 44.0 Å². The quantitative estimate of drug-likeness (QED) is 0.563. The number of carbonyl (C=O) groups is 1. The van der Waals surface area contributed by atoms with E-state index in [0.29, 0.717) is 22.8 Å². The fourth-order valence-corrected chi connectivity index (χ4v) is 2.90. The van der Waals surface area contributed by atoms with Gasteiger partial charge in [0.25, 0.3) is 5.91 Å². The Kier molecular flexibility index (Phi) is 5.06. The van der Waals surface area contributed by atoms with E-state index in [2.05, 4.69) is 42.4 Å². The van der Waals surface area contributed by atoms with Crippen LogP contribution in [0.1, 0.15) is 15.9 Å². The normalized spacial score (nSPS) is 12.5. The summed E-state index contributed by atoms with van der Waals surface area (Å²) in [5.74, 6) is 1.40. The summed E-state index contributed by atoms with van der Waals surface area (Å²) in [5.41, 5.74) is 3.61. The fourth-order valence-electron chi connectivity index (χ4n) is 2.11. The van der Waals surface area contributed by atoms with Crippen LogP contribution in [0.25, 0.3) is 0 Å². The van der Waals surface area contributed by atoms with Gasteiger partial charge in [-0.1, -0.05) is 15.9 Å². The lowest BCUT2D eigenvalue weighted by Crippen LogP contribution is -2.18. The Balaban J connectivity index is 1.75. The van der Waals surface area contributed by atoms with Gasteiger partial charge in [0.15, 0.2) is 11.5 Å². The Bertz CT molecular complexity index is 824. The minimum atomic E-state index is -0.374. The van der Waals surface area contributed by atoms with Crippen molar-refractivity contribution in [2.24, 2.45) is 5.10 Å². The van der Waals surface area contributed by atoms with E-state index >= 15 is 0 Å². The molecule has 0 radical (unpaired) electrons. The molecular weight excluding hydrogens is 444 g/mol. The van der Waals surface area contributed by atoms with Gasteiger partial charge >= 0.3 is 0 Å². The maximum absolute atomic E-state index is 12.3. The molecule has 3 rings (SSSR count). The predicted molar refractivity (Wildman–Crippen MR) is 96.0 cm³/mol. The number of benzene rings is 2. The van der Waals surface area contributed by atoms with Crippen molar-refractivity contribution in [3.63, 3.8) is 0 Å². The summed E-state index contributed by atoms with van der Waals surface area (Å²) in [6, 6.07) is 8.74. The van der Waals surface area contributed by atoms with Crippen molar-refractivity contribution in [1.82, 2.24) is 5.43 Å². The molecule has 1 aliphatic heterocycles. The largest absolute Gasteiger partial charge is 0.496 e. The third kappa shape index (κ3) is 3.54. The van der Waals surface area contributed by atoms with E-state index in [-0.39, 0.29) is 12.7 Å². The lowest BCUT2D eigenvalue weighted by Gasteiger charge is -2.07. The zero-order valence-electron chi connectivity index (χ0n) is 12.5. The average Bonchev–Trinajstić information content (AvgIpc) is 3.01. The second kappa shape index (κ2) is 7.23. The molecule has 2 aromatic carbocycles. The topological polar surface area (TPSA) is 69.2 Å². The van der Waals surface area contributed by atoms with Gasteiger partial charge in [0.1, 0.15) is 5.75 Å². The highest BCUT2D eigenvalue weighted by atomic mass is 79.9. The number of amides is 1. The Morgan fingerprint density at radius 2 is 2.00 bits per heavy atom. The van der Waals surface area contributed by atoms with Crippen LogP contribution in [0, 0.1) is 0 Å². The Hall–Kier alpha value is -2.06. The van der Waals surface area contributed by atoms with E-state index in [1.165, 1.54) is 13.3 Å². The predicted octanol–water partition coefficient (Wildman–Crippen LogP) is 3.71. The molecule has 24 heavy (non-hydrogen) atoms. The summed E-state index contributed by atoms with van der Waals surface area (Å²) in [7, 11) is 1.51. The smallest absolute Gasteiger partial charge is 0.275 e. The lowest BCUT2D eigenvalue weighted by molar-refractivity contribution is 0.0952. The molecule has 6 nitrogen and oxygen atoms in total. The van der Waals surface area contributed by atoms with Gasteiger partial charge in [-0.25, -0.2) is 5.43 Å². The highest BCUT2D eigenvalue weighted by Gasteiger charge is 2.16. The van der Waals surface area contributed by atoms with Crippen LogP contribution >= 0.6 is 31.9 Å². The Labute approximate surface area is 155 Å². The molecule has 0 saturated heterocycles. The second-order valence-corrected chi connectivity index (χ2v) is 6.54. The number of fused-ring (bicyclic) bond motifs is 1. The molecule has 1 heterocycles. The van der Waals surface area contributed by atoms with Crippen LogP contribution < -0.4 is 19.6 Å². The molecule has 1 amide bonds. The van der Waals surface area contributed by atoms with Crippen LogP contribution in [0.3, 0.4) is 0 Å². The van der Waals surface area contributed by atoms with Gasteiger partial charge in [0.05, 0.1) is 18.9 Å². The van der Waals surface area contributed by atoms with Crippen molar-refractivity contribution in [2.45, 2.75) is 0 Å². The molecule has 0 fully saturated rings. The minimum Gasteiger partial charge on any atom is -0.496 e. The second-order valence-electron chi connectivity index (χ2n) is 4.77. The van der Waals surface area contributed by atoms with Gasteiger partial charge in [0.2, 0.25) is 6.79 Å². The molecule has 0 atom stereocenters. The Morgan fingerprint density at radius 3 is 2.75 bits per heavy atom. The summed E-state index contributed by atoms with van der Waals surface area (Å²) in [6.45, 7) is 0.196. The zero-order valence-corrected chi connectivity index (χ0v) is 15.7. The summed E-state index contributed by atoms with van der Waals surface area (Å²) >= 11 is 6.76. The number of hydrogen-bond acceptors (Lipinski definition) is 5. The van der Waals surface area contributed by atoms with Gasteiger partial charge in [-0.15, -0.1) is 0 Å². The molecule has 0 saturated carbocycles. The molecule has 0 spiro atoms. The lowest BCUT2D eigenvalue weighted by atomic mass is 10.2. The van der Waals surface area contributed by atoms with Crippen molar-refractivity contribution in [3.05, 3.63) is 50.4 Å². The SMILES string of the molecule is COc1ccc(Br)cc1C(=O)N/N=C\c1cc2c(cc1Br)OCO2. The monoisotopic (exact) mass is 454 g/mol.